The number of guanidine groups is 1. The quantitative estimate of drug-likeness (QED) is 0.378. The third kappa shape index (κ3) is 9.80. The minimum Gasteiger partial charge on any atom is -0.356 e. The maximum Gasteiger partial charge on any atom is 0.191 e. The van der Waals surface area contributed by atoms with Gasteiger partial charge in [0, 0.05) is 25.9 Å². The summed E-state index contributed by atoms with van der Waals surface area (Å²) in [6, 6.07) is 10.3. The van der Waals surface area contributed by atoms with Crippen molar-refractivity contribution in [2.45, 2.75) is 32.2 Å². The van der Waals surface area contributed by atoms with Crippen molar-refractivity contribution in [1.29, 1.82) is 0 Å². The SMILES string of the molecule is CN=C(NCC(C)c1ccccc1)NC(C)CCS(C)(=O)=O.I. The summed E-state index contributed by atoms with van der Waals surface area (Å²) in [6.07, 6.45) is 1.82. The maximum absolute atomic E-state index is 11.2. The molecule has 23 heavy (non-hydrogen) atoms. The zero-order valence-electron chi connectivity index (χ0n) is 14.2. The Labute approximate surface area is 157 Å². The van der Waals surface area contributed by atoms with Crippen molar-refractivity contribution in [3.63, 3.8) is 0 Å². The minimum absolute atomic E-state index is 0. The molecule has 132 valence electrons. The van der Waals surface area contributed by atoms with Gasteiger partial charge in [-0.25, -0.2) is 8.42 Å². The predicted molar refractivity (Wildman–Crippen MR) is 109 cm³/mol. The molecule has 7 heteroatoms. The van der Waals surface area contributed by atoms with E-state index in [1.54, 1.807) is 7.05 Å². The van der Waals surface area contributed by atoms with Crippen molar-refractivity contribution in [2.24, 2.45) is 4.99 Å². The largest absolute Gasteiger partial charge is 0.356 e. The van der Waals surface area contributed by atoms with Gasteiger partial charge in [-0.3, -0.25) is 4.99 Å². The van der Waals surface area contributed by atoms with E-state index in [0.29, 0.717) is 18.3 Å². The van der Waals surface area contributed by atoms with Gasteiger partial charge in [0.1, 0.15) is 9.84 Å². The smallest absolute Gasteiger partial charge is 0.191 e. The molecule has 2 unspecified atom stereocenters. The molecule has 0 aliphatic carbocycles. The molecule has 0 aliphatic rings. The summed E-state index contributed by atoms with van der Waals surface area (Å²) in [4.78, 5) is 4.18. The van der Waals surface area contributed by atoms with Gasteiger partial charge in [0.15, 0.2) is 5.96 Å². The second-order valence-corrected chi connectivity index (χ2v) is 7.99. The lowest BCUT2D eigenvalue weighted by atomic mass is 10.0. The predicted octanol–water partition coefficient (Wildman–Crippen LogP) is 2.40. The fourth-order valence-electron chi connectivity index (χ4n) is 2.04. The Balaban J connectivity index is 0.00000484. The number of nitrogens with zero attached hydrogens (tertiary/aromatic N) is 1. The van der Waals surface area contributed by atoms with E-state index in [1.807, 2.05) is 25.1 Å². The molecule has 5 nitrogen and oxygen atoms in total. The van der Waals surface area contributed by atoms with Crippen molar-refractivity contribution in [3.8, 4) is 0 Å². The molecule has 2 atom stereocenters. The lowest BCUT2D eigenvalue weighted by Crippen LogP contribution is -2.43. The van der Waals surface area contributed by atoms with Crippen LogP contribution in [0.2, 0.25) is 0 Å². The number of hydrogen-bond donors (Lipinski definition) is 2. The van der Waals surface area contributed by atoms with Crippen LogP contribution < -0.4 is 10.6 Å². The van der Waals surface area contributed by atoms with Gasteiger partial charge in [-0.2, -0.15) is 0 Å². The highest BCUT2D eigenvalue weighted by molar-refractivity contribution is 14.0. The van der Waals surface area contributed by atoms with Crippen molar-refractivity contribution in [3.05, 3.63) is 35.9 Å². The summed E-state index contributed by atoms with van der Waals surface area (Å²) in [5, 5.41) is 6.51. The number of aliphatic imine (C=N–C) groups is 1. The fourth-order valence-corrected chi connectivity index (χ4v) is 2.82. The number of benzene rings is 1. The average molecular weight is 453 g/mol. The molecule has 0 bridgehead atoms. The van der Waals surface area contributed by atoms with Crippen molar-refractivity contribution in [1.82, 2.24) is 10.6 Å². The summed E-state index contributed by atoms with van der Waals surface area (Å²) in [5.74, 6) is 1.24. The molecule has 0 aromatic heterocycles. The molecule has 0 saturated carbocycles. The van der Waals surface area contributed by atoms with E-state index >= 15 is 0 Å². The Kier molecular flexibility index (Phi) is 10.5. The first kappa shape index (κ1) is 22.2. The van der Waals surface area contributed by atoms with Crippen LogP contribution >= 0.6 is 24.0 Å². The molecule has 0 spiro atoms. The zero-order valence-corrected chi connectivity index (χ0v) is 17.4. The molecule has 0 radical (unpaired) electrons. The van der Waals surface area contributed by atoms with E-state index in [4.69, 9.17) is 0 Å². The van der Waals surface area contributed by atoms with Crippen LogP contribution in [0.15, 0.2) is 35.3 Å². The summed E-state index contributed by atoms with van der Waals surface area (Å²) < 4.78 is 22.4. The van der Waals surface area contributed by atoms with Crippen molar-refractivity contribution >= 4 is 39.8 Å². The summed E-state index contributed by atoms with van der Waals surface area (Å²) in [7, 11) is -1.21. The molecule has 1 aromatic rings. The second-order valence-electron chi connectivity index (χ2n) is 5.73. The highest BCUT2D eigenvalue weighted by Gasteiger charge is 2.10. The average Bonchev–Trinajstić information content (AvgIpc) is 2.49. The number of halogens is 1. The van der Waals surface area contributed by atoms with Gasteiger partial charge in [-0.05, 0) is 24.8 Å². The summed E-state index contributed by atoms with van der Waals surface area (Å²) in [6.45, 7) is 4.88. The minimum atomic E-state index is -2.92. The molecule has 1 aromatic carbocycles. The maximum atomic E-state index is 11.2. The Hall–Kier alpha value is -0.830. The number of rotatable bonds is 7. The lowest BCUT2D eigenvalue weighted by Gasteiger charge is -2.20. The first-order valence-electron chi connectivity index (χ1n) is 7.51. The Morgan fingerprint density at radius 1 is 1.22 bits per heavy atom. The molecule has 0 heterocycles. The third-order valence-corrected chi connectivity index (χ3v) is 4.45. The van der Waals surface area contributed by atoms with E-state index in [1.165, 1.54) is 11.8 Å². The normalized spacial score (nSPS) is 14.5. The van der Waals surface area contributed by atoms with Gasteiger partial charge in [0.2, 0.25) is 0 Å². The molecule has 0 saturated heterocycles. The summed E-state index contributed by atoms with van der Waals surface area (Å²) >= 11 is 0. The number of hydrogen-bond acceptors (Lipinski definition) is 3. The topological polar surface area (TPSA) is 70.6 Å². The van der Waals surface area contributed by atoms with E-state index in [-0.39, 0.29) is 35.8 Å². The van der Waals surface area contributed by atoms with E-state index in [2.05, 4.69) is 34.7 Å². The molecular weight excluding hydrogens is 425 g/mol. The number of nitrogens with one attached hydrogen (secondary N) is 2. The second kappa shape index (κ2) is 10.9. The third-order valence-electron chi connectivity index (χ3n) is 3.47. The standard InChI is InChI=1S/C16H27N3O2S.HI/c1-13(15-8-6-5-7-9-15)12-18-16(17-3)19-14(2)10-11-22(4,20)21;/h5-9,13-14H,10-12H2,1-4H3,(H2,17,18,19);1H. The Morgan fingerprint density at radius 2 is 1.83 bits per heavy atom. The monoisotopic (exact) mass is 453 g/mol. The van der Waals surface area contributed by atoms with Crippen LogP contribution in [0.1, 0.15) is 31.7 Å². The zero-order chi connectivity index (χ0) is 16.6. The fraction of sp³-hybridized carbons (Fsp3) is 0.562. The van der Waals surface area contributed by atoms with Crippen LogP contribution in [0.3, 0.4) is 0 Å². The van der Waals surface area contributed by atoms with Gasteiger partial charge in [-0.1, -0.05) is 37.3 Å². The molecule has 0 amide bonds. The molecule has 0 aliphatic heterocycles. The Morgan fingerprint density at radius 3 is 2.35 bits per heavy atom. The van der Waals surface area contributed by atoms with Gasteiger partial charge >= 0.3 is 0 Å². The van der Waals surface area contributed by atoms with Gasteiger partial charge in [-0.15, -0.1) is 24.0 Å². The summed E-state index contributed by atoms with van der Waals surface area (Å²) in [5.41, 5.74) is 1.27. The van der Waals surface area contributed by atoms with E-state index in [9.17, 15) is 8.42 Å². The van der Waals surface area contributed by atoms with Crippen LogP contribution in [0.4, 0.5) is 0 Å². The highest BCUT2D eigenvalue weighted by atomic mass is 127. The highest BCUT2D eigenvalue weighted by Crippen LogP contribution is 2.12. The molecule has 2 N–H and O–H groups in total. The van der Waals surface area contributed by atoms with E-state index < -0.39 is 9.84 Å². The van der Waals surface area contributed by atoms with Crippen LogP contribution in [0.25, 0.3) is 0 Å². The van der Waals surface area contributed by atoms with Gasteiger partial charge < -0.3 is 10.6 Å². The van der Waals surface area contributed by atoms with Gasteiger partial charge in [0.05, 0.1) is 5.75 Å². The van der Waals surface area contributed by atoms with Crippen molar-refractivity contribution < 1.29 is 8.42 Å². The van der Waals surface area contributed by atoms with Crippen LogP contribution in [-0.4, -0.2) is 46.0 Å². The molecular formula is C16H28IN3O2S. The lowest BCUT2D eigenvalue weighted by molar-refractivity contribution is 0.579. The van der Waals surface area contributed by atoms with Crippen LogP contribution in [-0.2, 0) is 9.84 Å². The first-order valence-corrected chi connectivity index (χ1v) is 9.57. The Bertz CT molecular complexity index is 576. The van der Waals surface area contributed by atoms with Crippen LogP contribution in [0.5, 0.6) is 0 Å². The number of sulfone groups is 1. The molecule has 1 rings (SSSR count). The first-order chi connectivity index (χ1) is 10.3. The molecule has 0 fully saturated rings. The van der Waals surface area contributed by atoms with E-state index in [0.717, 1.165) is 6.54 Å². The van der Waals surface area contributed by atoms with Gasteiger partial charge in [0.25, 0.3) is 0 Å². The van der Waals surface area contributed by atoms with Crippen molar-refractivity contribution in [2.75, 3.05) is 25.6 Å². The van der Waals surface area contributed by atoms with Crippen LogP contribution in [0, 0.1) is 0 Å².